The Morgan fingerprint density at radius 3 is 2.09 bits per heavy atom. The second kappa shape index (κ2) is 12.5. The van der Waals surface area contributed by atoms with Gasteiger partial charge in [-0.15, -0.1) is 0 Å². The van der Waals surface area contributed by atoms with Gasteiger partial charge in [0.2, 0.25) is 0 Å². The van der Waals surface area contributed by atoms with Gasteiger partial charge in [-0.05, 0) is 44.5 Å². The Balaban J connectivity index is 1.75. The molecule has 12 nitrogen and oxygen atoms in total. The molecular formula is C35H40O12. The van der Waals surface area contributed by atoms with E-state index in [1.807, 2.05) is 0 Å². The number of esters is 4. The Hall–Kier alpha value is -4.10. The van der Waals surface area contributed by atoms with Gasteiger partial charge < -0.3 is 39.0 Å². The van der Waals surface area contributed by atoms with E-state index in [1.165, 1.54) is 25.1 Å². The van der Waals surface area contributed by atoms with E-state index >= 15 is 0 Å². The molecule has 3 N–H and O–H groups in total. The molecule has 252 valence electrons. The van der Waals surface area contributed by atoms with Crippen LogP contribution in [-0.4, -0.2) is 93.1 Å². The maximum atomic E-state index is 13.7. The molecule has 5 rings (SSSR count). The number of ether oxygens (including phenoxy) is 5. The topological polar surface area (TPSA) is 175 Å². The number of carbonyl (C=O) groups excluding carboxylic acids is 4. The van der Waals surface area contributed by atoms with Crippen molar-refractivity contribution in [2.75, 3.05) is 6.61 Å². The average Bonchev–Trinajstić information content (AvgIpc) is 3.19. The number of hydrogen-bond acceptors (Lipinski definition) is 12. The SMILES string of the molecule is CC(=O)OC[C@]12[C@H](OC(=O)c3ccccc3)[C@@H](O)[C@@H]3[C@@H](O)[C@]1(OC3(C)C)[C@@](C)(O)C[C@H](OC(C)=O)[C@@H]2OC(=O)/C=C\c1ccccc1. The number of aliphatic hydroxyl groups excluding tert-OH is 2. The van der Waals surface area contributed by atoms with Crippen molar-refractivity contribution in [3.05, 3.63) is 77.9 Å². The van der Waals surface area contributed by atoms with E-state index in [9.17, 15) is 34.5 Å². The van der Waals surface area contributed by atoms with Crippen LogP contribution in [0.3, 0.4) is 0 Å². The van der Waals surface area contributed by atoms with Crippen molar-refractivity contribution in [3.63, 3.8) is 0 Å². The van der Waals surface area contributed by atoms with Gasteiger partial charge in [-0.2, -0.15) is 0 Å². The van der Waals surface area contributed by atoms with Gasteiger partial charge in [0.05, 0.1) is 22.9 Å². The monoisotopic (exact) mass is 652 g/mol. The van der Waals surface area contributed by atoms with Crippen LogP contribution < -0.4 is 0 Å². The summed E-state index contributed by atoms with van der Waals surface area (Å²) < 4.78 is 30.0. The van der Waals surface area contributed by atoms with Gasteiger partial charge in [-0.1, -0.05) is 48.5 Å². The van der Waals surface area contributed by atoms with E-state index in [-0.39, 0.29) is 5.56 Å². The van der Waals surface area contributed by atoms with Crippen LogP contribution in [0.5, 0.6) is 0 Å². The molecule has 1 spiro atoms. The third kappa shape index (κ3) is 5.73. The average molecular weight is 653 g/mol. The summed E-state index contributed by atoms with van der Waals surface area (Å²) in [5, 5.41) is 36.5. The van der Waals surface area contributed by atoms with E-state index in [2.05, 4.69) is 0 Å². The van der Waals surface area contributed by atoms with Crippen molar-refractivity contribution < 1.29 is 58.2 Å². The molecule has 1 aliphatic heterocycles. The molecule has 2 saturated carbocycles. The van der Waals surface area contributed by atoms with Gasteiger partial charge >= 0.3 is 23.9 Å². The lowest BCUT2D eigenvalue weighted by Crippen LogP contribution is -2.85. The summed E-state index contributed by atoms with van der Waals surface area (Å²) >= 11 is 0. The van der Waals surface area contributed by atoms with E-state index in [0.717, 1.165) is 19.9 Å². The molecule has 2 bridgehead atoms. The molecule has 2 aliphatic carbocycles. The Bertz CT molecular complexity index is 1540. The third-order valence-corrected chi connectivity index (χ3v) is 9.63. The van der Waals surface area contributed by atoms with Crippen LogP contribution >= 0.6 is 0 Å². The molecule has 3 fully saturated rings. The van der Waals surface area contributed by atoms with Gasteiger partial charge in [-0.3, -0.25) is 9.59 Å². The maximum Gasteiger partial charge on any atom is 0.338 e. The van der Waals surface area contributed by atoms with Gasteiger partial charge in [-0.25, -0.2) is 9.59 Å². The highest BCUT2D eigenvalue weighted by Crippen LogP contribution is 2.68. The van der Waals surface area contributed by atoms with Crippen LogP contribution in [0.1, 0.15) is 57.0 Å². The highest BCUT2D eigenvalue weighted by Gasteiger charge is 2.87. The first-order chi connectivity index (χ1) is 22.1. The lowest BCUT2D eigenvalue weighted by atomic mass is 9.46. The quantitative estimate of drug-likeness (QED) is 0.216. The first-order valence-electron chi connectivity index (χ1n) is 15.4. The molecule has 2 aromatic carbocycles. The van der Waals surface area contributed by atoms with E-state index < -0.39 is 95.6 Å². The minimum absolute atomic E-state index is 0.105. The molecule has 0 aromatic heterocycles. The molecule has 1 heterocycles. The number of fused-ring (bicyclic) bond motifs is 1. The van der Waals surface area contributed by atoms with Crippen LogP contribution in [0.15, 0.2) is 66.7 Å². The number of rotatable bonds is 8. The summed E-state index contributed by atoms with van der Waals surface area (Å²) in [5.74, 6) is -4.59. The van der Waals surface area contributed by atoms with Crippen molar-refractivity contribution in [2.45, 2.75) is 88.4 Å². The van der Waals surface area contributed by atoms with Gasteiger partial charge in [0, 0.05) is 32.3 Å². The zero-order chi connectivity index (χ0) is 34.4. The fourth-order valence-corrected chi connectivity index (χ4v) is 7.95. The number of hydrogen-bond donors (Lipinski definition) is 3. The highest BCUT2D eigenvalue weighted by molar-refractivity contribution is 5.89. The van der Waals surface area contributed by atoms with Crippen LogP contribution in [0.2, 0.25) is 0 Å². The Kier molecular flexibility index (Phi) is 9.10. The van der Waals surface area contributed by atoms with Crippen LogP contribution in [0.4, 0.5) is 0 Å². The summed E-state index contributed by atoms with van der Waals surface area (Å²) in [5.41, 5.74) is -7.17. The number of carbonyl (C=O) groups is 4. The maximum absolute atomic E-state index is 13.7. The summed E-state index contributed by atoms with van der Waals surface area (Å²) in [6.07, 6.45) is -6.09. The standard InChI is InChI=1S/C35H40O12/c1-20(36)43-19-34-29(45-25(38)17-16-22-12-8-6-9-13-22)24(44-21(2)37)18-33(5,42)35(34)28(40)26(32(3,4)47-35)27(39)30(34)46-31(41)23-14-10-7-11-15-23/h6-17,24,26-30,39-40,42H,18-19H2,1-5H3/b17-16-/t24-,26+,27-,28+,29-,30+,33-,34-,35-/m0/s1. The second-order valence-corrected chi connectivity index (χ2v) is 13.1. The molecule has 0 amide bonds. The minimum Gasteiger partial charge on any atom is -0.465 e. The molecular weight excluding hydrogens is 612 g/mol. The zero-order valence-corrected chi connectivity index (χ0v) is 26.8. The molecule has 0 radical (unpaired) electrons. The van der Waals surface area contributed by atoms with Crippen LogP contribution in [0, 0.1) is 11.3 Å². The van der Waals surface area contributed by atoms with Gasteiger partial charge in [0.25, 0.3) is 0 Å². The fourth-order valence-electron chi connectivity index (χ4n) is 7.95. The molecule has 47 heavy (non-hydrogen) atoms. The summed E-state index contributed by atoms with van der Waals surface area (Å²) in [6, 6.07) is 16.7. The Labute approximate surface area is 272 Å². The zero-order valence-electron chi connectivity index (χ0n) is 26.8. The fraction of sp³-hybridized carbons (Fsp3) is 0.486. The number of benzene rings is 2. The van der Waals surface area contributed by atoms with E-state index in [1.54, 1.807) is 62.4 Å². The summed E-state index contributed by atoms with van der Waals surface area (Å²) in [7, 11) is 0. The molecule has 9 atom stereocenters. The molecule has 0 unspecified atom stereocenters. The third-order valence-electron chi connectivity index (χ3n) is 9.63. The van der Waals surface area contributed by atoms with E-state index in [0.29, 0.717) is 5.56 Å². The predicted molar refractivity (Wildman–Crippen MR) is 164 cm³/mol. The van der Waals surface area contributed by atoms with Gasteiger partial charge in [0.15, 0.2) is 6.10 Å². The van der Waals surface area contributed by atoms with Gasteiger partial charge in [0.1, 0.15) is 35.9 Å². The summed E-state index contributed by atoms with van der Waals surface area (Å²) in [4.78, 5) is 52.2. The molecule has 3 aliphatic rings. The van der Waals surface area contributed by atoms with Crippen LogP contribution in [0.25, 0.3) is 6.08 Å². The number of aliphatic hydroxyl groups is 3. The first-order valence-corrected chi connectivity index (χ1v) is 15.4. The Morgan fingerprint density at radius 2 is 1.49 bits per heavy atom. The lowest BCUT2D eigenvalue weighted by Gasteiger charge is -2.66. The van der Waals surface area contributed by atoms with Crippen LogP contribution in [-0.2, 0) is 38.1 Å². The highest BCUT2D eigenvalue weighted by atomic mass is 16.6. The predicted octanol–water partition coefficient (Wildman–Crippen LogP) is 2.37. The van der Waals surface area contributed by atoms with Crippen molar-refractivity contribution in [2.24, 2.45) is 11.3 Å². The lowest BCUT2D eigenvalue weighted by molar-refractivity contribution is -0.362. The molecule has 2 aromatic rings. The van der Waals surface area contributed by atoms with Crippen molar-refractivity contribution in [1.29, 1.82) is 0 Å². The second-order valence-electron chi connectivity index (χ2n) is 13.1. The first kappa shape index (κ1) is 34.2. The summed E-state index contributed by atoms with van der Waals surface area (Å²) in [6.45, 7) is 5.97. The van der Waals surface area contributed by atoms with E-state index in [4.69, 9.17) is 23.7 Å². The molecule has 1 saturated heterocycles. The molecule has 12 heteroatoms. The minimum atomic E-state index is -2.25. The van der Waals surface area contributed by atoms with Crippen molar-refractivity contribution >= 4 is 30.0 Å². The smallest absolute Gasteiger partial charge is 0.338 e. The normalized spacial score (nSPS) is 35.4. The van der Waals surface area contributed by atoms with Crippen molar-refractivity contribution in [1.82, 2.24) is 0 Å². The largest absolute Gasteiger partial charge is 0.465 e. The van der Waals surface area contributed by atoms with Crippen molar-refractivity contribution in [3.8, 4) is 0 Å². The Morgan fingerprint density at radius 1 is 0.872 bits per heavy atom.